The number of carbonyl (C=O) groups excluding carboxylic acids is 4. The van der Waals surface area contributed by atoms with Gasteiger partial charge in [-0.3, -0.25) is 24.5 Å². The van der Waals surface area contributed by atoms with Gasteiger partial charge in [0.15, 0.2) is 0 Å². The molecule has 3 unspecified atom stereocenters. The Morgan fingerprint density at radius 2 is 2.10 bits per heavy atom. The summed E-state index contributed by atoms with van der Waals surface area (Å²) in [5.41, 5.74) is 2.02. The topological polar surface area (TPSA) is 117 Å². The zero-order valence-corrected chi connectivity index (χ0v) is 16.9. The van der Waals surface area contributed by atoms with Crippen LogP contribution >= 0.6 is 0 Å². The van der Waals surface area contributed by atoms with Gasteiger partial charge >= 0.3 is 0 Å². The van der Waals surface area contributed by atoms with Crippen LogP contribution in [0.1, 0.15) is 48.5 Å². The number of amides is 4. The van der Waals surface area contributed by atoms with E-state index in [1.807, 2.05) is 19.1 Å². The number of fused-ring (bicyclic) bond motifs is 1. The molecule has 1 aromatic rings. The van der Waals surface area contributed by atoms with E-state index in [0.717, 1.165) is 18.4 Å². The van der Waals surface area contributed by atoms with Crippen molar-refractivity contribution in [3.63, 3.8) is 0 Å². The fraction of sp³-hybridized carbons (Fsp3) is 0.524. The van der Waals surface area contributed by atoms with E-state index in [4.69, 9.17) is 4.74 Å². The van der Waals surface area contributed by atoms with Crippen LogP contribution in [-0.4, -0.2) is 59.9 Å². The highest BCUT2D eigenvalue weighted by atomic mass is 16.5. The summed E-state index contributed by atoms with van der Waals surface area (Å²) in [5, 5.41) is 8.37. The second-order valence-electron chi connectivity index (χ2n) is 8.10. The van der Waals surface area contributed by atoms with E-state index in [2.05, 4.69) is 16.0 Å². The summed E-state index contributed by atoms with van der Waals surface area (Å²) < 4.78 is 5.49. The van der Waals surface area contributed by atoms with E-state index in [0.29, 0.717) is 30.8 Å². The normalized spacial score (nSPS) is 26.2. The van der Waals surface area contributed by atoms with Crippen LogP contribution in [0.2, 0.25) is 0 Å². The fourth-order valence-corrected chi connectivity index (χ4v) is 4.25. The van der Waals surface area contributed by atoms with Gasteiger partial charge < -0.3 is 20.3 Å². The van der Waals surface area contributed by atoms with Gasteiger partial charge in [0.05, 0.1) is 12.6 Å². The number of hydrogen-bond acceptors (Lipinski definition) is 6. The third kappa shape index (κ3) is 4.30. The molecule has 3 aliphatic rings. The number of imide groups is 1. The molecule has 1 aromatic carbocycles. The minimum atomic E-state index is -0.633. The number of carbonyl (C=O) groups is 4. The molecule has 3 heterocycles. The zero-order valence-electron chi connectivity index (χ0n) is 16.9. The van der Waals surface area contributed by atoms with Crippen LogP contribution in [0.5, 0.6) is 0 Å². The summed E-state index contributed by atoms with van der Waals surface area (Å²) >= 11 is 0. The quantitative estimate of drug-likeness (QED) is 0.606. The van der Waals surface area contributed by atoms with Gasteiger partial charge in [0.25, 0.3) is 5.91 Å². The van der Waals surface area contributed by atoms with Crippen LogP contribution < -0.4 is 16.0 Å². The Kier molecular flexibility index (Phi) is 5.72. The largest absolute Gasteiger partial charge is 0.378 e. The van der Waals surface area contributed by atoms with E-state index in [1.165, 1.54) is 4.90 Å². The molecule has 30 heavy (non-hydrogen) atoms. The van der Waals surface area contributed by atoms with Gasteiger partial charge in [0.2, 0.25) is 17.7 Å². The lowest BCUT2D eigenvalue weighted by molar-refractivity contribution is -0.137. The molecule has 4 amide bonds. The highest BCUT2D eigenvalue weighted by Gasteiger charge is 2.39. The maximum absolute atomic E-state index is 12.8. The van der Waals surface area contributed by atoms with Gasteiger partial charge in [-0.25, -0.2) is 0 Å². The molecule has 2 fully saturated rings. The molecule has 9 nitrogen and oxygen atoms in total. The molecule has 4 rings (SSSR count). The Bertz CT molecular complexity index is 886. The van der Waals surface area contributed by atoms with Crippen LogP contribution in [-0.2, 0) is 25.7 Å². The number of anilines is 1. The van der Waals surface area contributed by atoms with Crippen LogP contribution in [0.15, 0.2) is 18.2 Å². The lowest BCUT2D eigenvalue weighted by atomic mass is 10.0. The number of benzene rings is 1. The lowest BCUT2D eigenvalue weighted by Gasteiger charge is -2.29. The minimum absolute atomic E-state index is 0.105. The Labute approximate surface area is 174 Å². The third-order valence-corrected chi connectivity index (χ3v) is 5.83. The second kappa shape index (κ2) is 8.43. The average Bonchev–Trinajstić information content (AvgIpc) is 3.02. The van der Waals surface area contributed by atoms with Crippen molar-refractivity contribution in [1.29, 1.82) is 0 Å². The van der Waals surface area contributed by atoms with Crippen LogP contribution in [0, 0.1) is 0 Å². The van der Waals surface area contributed by atoms with E-state index in [1.54, 1.807) is 6.07 Å². The number of nitrogens with zero attached hydrogens (tertiary/aromatic N) is 1. The molecule has 3 aliphatic heterocycles. The van der Waals surface area contributed by atoms with Crippen molar-refractivity contribution >= 4 is 29.3 Å². The predicted molar refractivity (Wildman–Crippen MR) is 108 cm³/mol. The molecule has 3 N–H and O–H groups in total. The first-order valence-electron chi connectivity index (χ1n) is 10.3. The molecule has 0 saturated carbocycles. The van der Waals surface area contributed by atoms with Crippen molar-refractivity contribution in [3.05, 3.63) is 29.3 Å². The fourth-order valence-electron chi connectivity index (χ4n) is 4.25. The molecule has 0 spiro atoms. The smallest absolute Gasteiger partial charge is 0.255 e. The molecule has 0 radical (unpaired) electrons. The Hall–Kier alpha value is -2.94. The van der Waals surface area contributed by atoms with Crippen molar-refractivity contribution in [2.45, 2.75) is 57.3 Å². The Morgan fingerprint density at radius 1 is 1.27 bits per heavy atom. The predicted octanol–water partition coefficient (Wildman–Crippen LogP) is 0.543. The van der Waals surface area contributed by atoms with Gasteiger partial charge in [-0.2, -0.15) is 0 Å². The Balaban J connectivity index is 1.34. The average molecular weight is 414 g/mol. The first kappa shape index (κ1) is 20.3. The maximum atomic E-state index is 12.8. The Morgan fingerprint density at radius 3 is 2.87 bits per heavy atom. The molecular weight excluding hydrogens is 388 g/mol. The first-order chi connectivity index (χ1) is 14.4. The van der Waals surface area contributed by atoms with Crippen molar-refractivity contribution < 1.29 is 23.9 Å². The number of hydrogen-bond donors (Lipinski definition) is 3. The van der Waals surface area contributed by atoms with E-state index < -0.39 is 11.9 Å². The highest BCUT2D eigenvalue weighted by molar-refractivity contribution is 6.05. The summed E-state index contributed by atoms with van der Waals surface area (Å²) in [7, 11) is 0. The number of piperidine rings is 1. The van der Waals surface area contributed by atoms with Crippen molar-refractivity contribution in [1.82, 2.24) is 15.5 Å². The molecule has 0 bridgehead atoms. The van der Waals surface area contributed by atoms with E-state index in [9.17, 15) is 19.2 Å². The summed E-state index contributed by atoms with van der Waals surface area (Å²) in [6.45, 7) is 3.09. The SMILES string of the molecule is CC1CC(NC(=O)CNc2ccc3c(c2)C(=O)N(C2CCC(=O)NC2=O)C3)CCO1. The summed E-state index contributed by atoms with van der Waals surface area (Å²) in [6, 6.07) is 4.86. The minimum Gasteiger partial charge on any atom is -0.378 e. The number of rotatable bonds is 5. The molecule has 0 aliphatic carbocycles. The van der Waals surface area contributed by atoms with E-state index >= 15 is 0 Å². The van der Waals surface area contributed by atoms with Gasteiger partial charge in [-0.15, -0.1) is 0 Å². The summed E-state index contributed by atoms with van der Waals surface area (Å²) in [6.07, 6.45) is 2.31. The number of nitrogens with one attached hydrogen (secondary N) is 3. The molecule has 2 saturated heterocycles. The molecular formula is C21H26N4O5. The summed E-state index contributed by atoms with van der Waals surface area (Å²) in [4.78, 5) is 50.1. The van der Waals surface area contributed by atoms with Crippen molar-refractivity contribution in [2.75, 3.05) is 18.5 Å². The van der Waals surface area contributed by atoms with Crippen molar-refractivity contribution in [3.8, 4) is 0 Å². The molecule has 0 aromatic heterocycles. The molecule has 160 valence electrons. The standard InChI is InChI=1S/C21H26N4O5/c1-12-8-15(6-7-30-12)23-19(27)10-22-14-3-2-13-11-25(21(29)16(13)9-14)17-4-5-18(26)24-20(17)28/h2-3,9,12,15,17,22H,4-8,10-11H2,1H3,(H,23,27)(H,24,26,28). The lowest BCUT2D eigenvalue weighted by Crippen LogP contribution is -2.52. The van der Waals surface area contributed by atoms with Gasteiger partial charge in [0, 0.05) is 36.9 Å². The molecule has 3 atom stereocenters. The summed E-state index contributed by atoms with van der Waals surface area (Å²) in [5.74, 6) is -1.07. The van der Waals surface area contributed by atoms with Gasteiger partial charge in [0.1, 0.15) is 6.04 Å². The first-order valence-corrected chi connectivity index (χ1v) is 10.3. The second-order valence-corrected chi connectivity index (χ2v) is 8.10. The van der Waals surface area contributed by atoms with Crippen LogP contribution in [0.4, 0.5) is 5.69 Å². The number of ether oxygens (including phenoxy) is 1. The van der Waals surface area contributed by atoms with Gasteiger partial charge in [-0.05, 0) is 43.9 Å². The maximum Gasteiger partial charge on any atom is 0.255 e. The molecule has 9 heteroatoms. The third-order valence-electron chi connectivity index (χ3n) is 5.83. The van der Waals surface area contributed by atoms with Crippen LogP contribution in [0.25, 0.3) is 0 Å². The monoisotopic (exact) mass is 414 g/mol. The van der Waals surface area contributed by atoms with Crippen molar-refractivity contribution in [2.24, 2.45) is 0 Å². The van der Waals surface area contributed by atoms with Crippen LogP contribution in [0.3, 0.4) is 0 Å². The zero-order chi connectivity index (χ0) is 21.3. The highest BCUT2D eigenvalue weighted by Crippen LogP contribution is 2.29. The van der Waals surface area contributed by atoms with E-state index in [-0.39, 0.29) is 42.8 Å². The van der Waals surface area contributed by atoms with Gasteiger partial charge in [-0.1, -0.05) is 6.07 Å².